The van der Waals surface area contributed by atoms with Crippen molar-refractivity contribution in [2.45, 2.75) is 60.9 Å². The van der Waals surface area contributed by atoms with E-state index in [-0.39, 0.29) is 7.33 Å². The second-order valence-electron chi connectivity index (χ2n) is 4.33. The minimum absolute atomic E-state index is 0. The number of carbonyl (C=O) groups is 2. The van der Waals surface area contributed by atoms with E-state index in [1.165, 1.54) is 4.90 Å². The van der Waals surface area contributed by atoms with E-state index in [0.29, 0.717) is 13.0 Å². The van der Waals surface area contributed by atoms with Crippen LogP contribution in [0.4, 0.5) is 0 Å². The van der Waals surface area contributed by atoms with Crippen molar-refractivity contribution in [2.24, 2.45) is 0 Å². The molecular weight excluding hydrogens is 266 g/mol. The second kappa shape index (κ2) is 18.9. The number of amides is 2. The van der Waals surface area contributed by atoms with Gasteiger partial charge in [-0.25, -0.2) is 0 Å². The van der Waals surface area contributed by atoms with Gasteiger partial charge in [-0.05, 0) is 27.9 Å². The molecule has 0 saturated carbocycles. The van der Waals surface area contributed by atoms with Gasteiger partial charge in [0.05, 0.1) is 0 Å². The molecule has 0 aromatic carbocycles. The summed E-state index contributed by atoms with van der Waals surface area (Å²) >= 11 is 0. The highest BCUT2D eigenvalue weighted by atomic mass is 16.2. The molecule has 0 aliphatic rings. The highest BCUT2D eigenvalue weighted by Gasteiger charge is 2.31. The third kappa shape index (κ3) is 15.1. The van der Waals surface area contributed by atoms with Gasteiger partial charge in [-0.15, -0.1) is 0 Å². The number of nitrogens with zero attached hydrogens (tertiary/aromatic N) is 2. The van der Waals surface area contributed by atoms with Crippen LogP contribution in [0.15, 0.2) is 0 Å². The Kier molecular flexibility index (Phi) is 25.3. The highest BCUT2D eigenvalue weighted by Crippen LogP contribution is 2.09. The first-order valence-corrected chi connectivity index (χ1v) is 7.93. The predicted octanol–water partition coefficient (Wildman–Crippen LogP) is 2.86. The Hall–Kier alpha value is -1.10. The first-order chi connectivity index (χ1) is 9.82. The molecule has 0 heterocycles. The number of hydrogen-bond acceptors (Lipinski definition) is 3. The van der Waals surface area contributed by atoms with Gasteiger partial charge in [-0.2, -0.15) is 0 Å². The average molecular weight is 308 g/mol. The van der Waals surface area contributed by atoms with Crippen LogP contribution in [-0.4, -0.2) is 61.9 Å². The monoisotopic (exact) mass is 307 g/mol. The Morgan fingerprint density at radius 2 is 1.43 bits per heavy atom. The van der Waals surface area contributed by atoms with Gasteiger partial charge in [0.15, 0.2) is 0 Å². The van der Waals surface area contributed by atoms with Crippen LogP contribution in [0.5, 0.6) is 0 Å². The lowest BCUT2D eigenvalue weighted by atomic mass is 10.0. The van der Waals surface area contributed by atoms with Crippen molar-refractivity contribution in [1.82, 2.24) is 15.1 Å². The van der Waals surface area contributed by atoms with Crippen LogP contribution in [0.3, 0.4) is 0 Å². The molecule has 5 heteroatoms. The largest absolute Gasteiger partial charge is 0.353 e. The maximum Gasteiger partial charge on any atom is 0.245 e. The van der Waals surface area contributed by atoms with Crippen LogP contribution in [0.25, 0.3) is 0 Å². The number of rotatable bonds is 6. The molecule has 0 rings (SSSR count). The summed E-state index contributed by atoms with van der Waals surface area (Å²) in [6, 6.07) is 0. The van der Waals surface area contributed by atoms with Crippen molar-refractivity contribution in [1.29, 1.82) is 0 Å². The van der Waals surface area contributed by atoms with E-state index in [2.05, 4.69) is 5.32 Å². The number of likely N-dealkylation sites (N-methyl/N-ethyl adjacent to an activating group) is 2. The predicted molar refractivity (Wildman–Crippen MR) is 95.6 cm³/mol. The van der Waals surface area contributed by atoms with Crippen LogP contribution in [0.2, 0.25) is 0 Å². The van der Waals surface area contributed by atoms with Gasteiger partial charge < -0.3 is 15.1 Å². The summed E-state index contributed by atoms with van der Waals surface area (Å²) in [5.74, 6) is -0.140. The molecule has 2 amide bonds. The quantitative estimate of drug-likeness (QED) is 0.768. The topological polar surface area (TPSA) is 52.7 Å². The minimum atomic E-state index is -0.798. The third-order valence-corrected chi connectivity index (χ3v) is 2.44. The molecule has 0 spiro atoms. The highest BCUT2D eigenvalue weighted by molar-refractivity contribution is 5.87. The van der Waals surface area contributed by atoms with Crippen LogP contribution in [0, 0.1) is 0 Å². The van der Waals surface area contributed by atoms with Gasteiger partial charge >= 0.3 is 0 Å². The molecule has 0 aromatic heterocycles. The Balaban J connectivity index is -0.000000122. The van der Waals surface area contributed by atoms with E-state index >= 15 is 0 Å². The zero-order chi connectivity index (χ0) is 18.1. The van der Waals surface area contributed by atoms with Gasteiger partial charge in [0.1, 0.15) is 5.54 Å². The van der Waals surface area contributed by atoms with E-state index in [1.54, 1.807) is 20.9 Å². The number of hydrogen-bond donors (Lipinski definition) is 1. The SMILES string of the molecule is CC.CC.CC.CN(C)CCNC(=O)C(C)(C)N(C)C=O.[HH]. The Labute approximate surface area is 134 Å². The molecule has 0 unspecified atom stereocenters. The lowest BCUT2D eigenvalue weighted by Crippen LogP contribution is -2.53. The third-order valence-electron chi connectivity index (χ3n) is 2.44. The maximum atomic E-state index is 11.7. The number of nitrogens with one attached hydrogen (secondary N) is 1. The van der Waals surface area contributed by atoms with Crippen LogP contribution >= 0.6 is 0 Å². The van der Waals surface area contributed by atoms with E-state index in [1.807, 2.05) is 60.5 Å². The van der Waals surface area contributed by atoms with Gasteiger partial charge in [0, 0.05) is 21.6 Å². The molecule has 132 valence electrons. The standard InChI is InChI=1S/C10H21N3O2.3C2H6.H2/c1-10(2,13(5)8-14)9(15)11-6-7-12(3)4;3*1-2;/h8H,6-7H2,1-5H3,(H,11,15);3*1-2H3;1H. The summed E-state index contributed by atoms with van der Waals surface area (Å²) < 4.78 is 0. The van der Waals surface area contributed by atoms with Crippen molar-refractivity contribution in [3.8, 4) is 0 Å². The molecule has 0 aliphatic heterocycles. The second-order valence-corrected chi connectivity index (χ2v) is 4.33. The molecule has 0 aliphatic carbocycles. The summed E-state index contributed by atoms with van der Waals surface area (Å²) in [5.41, 5.74) is -0.798. The van der Waals surface area contributed by atoms with Gasteiger partial charge in [0.25, 0.3) is 0 Å². The molecule has 0 radical (unpaired) electrons. The molecule has 0 saturated heterocycles. The summed E-state index contributed by atoms with van der Waals surface area (Å²) in [4.78, 5) is 25.6. The van der Waals surface area contributed by atoms with Crippen LogP contribution < -0.4 is 5.32 Å². The van der Waals surface area contributed by atoms with Crippen LogP contribution in [0.1, 0.15) is 56.8 Å². The molecule has 21 heavy (non-hydrogen) atoms. The van der Waals surface area contributed by atoms with Crippen LogP contribution in [-0.2, 0) is 9.59 Å². The zero-order valence-electron chi connectivity index (χ0n) is 16.2. The normalized spacial score (nSPS) is 8.95. The van der Waals surface area contributed by atoms with Gasteiger partial charge in [-0.1, -0.05) is 41.5 Å². The van der Waals surface area contributed by atoms with Crippen molar-refractivity contribution in [2.75, 3.05) is 34.2 Å². The van der Waals surface area contributed by atoms with Crippen molar-refractivity contribution in [3.63, 3.8) is 0 Å². The van der Waals surface area contributed by atoms with Crippen molar-refractivity contribution in [3.05, 3.63) is 0 Å². The van der Waals surface area contributed by atoms with Gasteiger partial charge in [-0.3, -0.25) is 9.59 Å². The van der Waals surface area contributed by atoms with Crippen molar-refractivity contribution < 1.29 is 11.0 Å². The Morgan fingerprint density at radius 1 is 1.05 bits per heavy atom. The summed E-state index contributed by atoms with van der Waals surface area (Å²) in [7, 11) is 5.47. The number of carbonyl (C=O) groups excluding carboxylic acids is 2. The molecule has 0 aromatic rings. The Bertz CT molecular complexity index is 235. The lowest BCUT2D eigenvalue weighted by Gasteiger charge is -2.31. The maximum absolute atomic E-state index is 11.7. The fourth-order valence-electron chi connectivity index (χ4n) is 0.901. The smallest absolute Gasteiger partial charge is 0.245 e. The molecular formula is C16H41N3O2. The molecule has 0 atom stereocenters. The average Bonchev–Trinajstić information content (AvgIpc) is 2.51. The summed E-state index contributed by atoms with van der Waals surface area (Å²) in [6.45, 7) is 16.8. The summed E-state index contributed by atoms with van der Waals surface area (Å²) in [5, 5.41) is 2.79. The van der Waals surface area contributed by atoms with E-state index in [4.69, 9.17) is 0 Å². The molecule has 5 nitrogen and oxygen atoms in total. The summed E-state index contributed by atoms with van der Waals surface area (Å²) in [6.07, 6.45) is 0.658. The molecule has 0 fully saturated rings. The Morgan fingerprint density at radius 3 is 1.71 bits per heavy atom. The van der Waals surface area contributed by atoms with Gasteiger partial charge in [0.2, 0.25) is 12.3 Å². The van der Waals surface area contributed by atoms with E-state index in [9.17, 15) is 9.59 Å². The first-order valence-electron chi connectivity index (χ1n) is 7.93. The van der Waals surface area contributed by atoms with E-state index in [0.717, 1.165) is 6.54 Å². The first kappa shape index (κ1) is 28.1. The van der Waals surface area contributed by atoms with Crippen molar-refractivity contribution >= 4 is 12.3 Å². The fraction of sp³-hybridized carbons (Fsp3) is 0.875. The zero-order valence-corrected chi connectivity index (χ0v) is 16.2. The van der Waals surface area contributed by atoms with E-state index < -0.39 is 5.54 Å². The fourth-order valence-corrected chi connectivity index (χ4v) is 0.901. The lowest BCUT2D eigenvalue weighted by molar-refractivity contribution is -0.137. The molecule has 1 N–H and O–H groups in total. The molecule has 0 bridgehead atoms. The minimum Gasteiger partial charge on any atom is -0.353 e.